The van der Waals surface area contributed by atoms with Gasteiger partial charge in [-0.2, -0.15) is 0 Å². The third-order valence-electron chi connectivity index (χ3n) is 12.6. The van der Waals surface area contributed by atoms with Crippen LogP contribution in [0.25, 0.3) is 39.0 Å². The number of aryl methyl sites for hydroxylation is 1. The van der Waals surface area contributed by atoms with Crippen molar-refractivity contribution in [3.05, 3.63) is 239 Å². The van der Waals surface area contributed by atoms with Gasteiger partial charge in [0.1, 0.15) is 0 Å². The largest absolute Gasteiger partial charge is 0.264 e. The first-order chi connectivity index (χ1) is 27.5. The van der Waals surface area contributed by atoms with Crippen molar-refractivity contribution in [2.75, 3.05) is 0 Å². The Hall–Kier alpha value is -6.31. The van der Waals surface area contributed by atoms with Gasteiger partial charge in [-0.05, 0) is 104 Å². The molecular weight excluding hydrogens is 675 g/mol. The topological polar surface area (TPSA) is 12.9 Å². The number of fused-ring (bicyclic) bond motifs is 6. The van der Waals surface area contributed by atoms with Crippen LogP contribution in [0.1, 0.15) is 82.0 Å². The van der Waals surface area contributed by atoms with E-state index in [4.69, 9.17) is 0 Å². The summed E-state index contributed by atoms with van der Waals surface area (Å²) in [5.74, 6) is 0.880. The molecule has 1 nitrogen and oxygen atoms in total. The first kappa shape index (κ1) is 34.2. The molecule has 4 atom stereocenters. The van der Waals surface area contributed by atoms with Crippen molar-refractivity contribution in [2.24, 2.45) is 0 Å². The van der Waals surface area contributed by atoms with Crippen LogP contribution < -0.4 is 0 Å². The number of rotatable bonds is 6. The van der Waals surface area contributed by atoms with Crippen molar-refractivity contribution in [2.45, 2.75) is 49.9 Å². The lowest BCUT2D eigenvalue weighted by Gasteiger charge is -2.42. The van der Waals surface area contributed by atoms with Gasteiger partial charge in [0, 0.05) is 35.6 Å². The van der Waals surface area contributed by atoms with E-state index in [9.17, 15) is 0 Å². The van der Waals surface area contributed by atoms with Crippen molar-refractivity contribution in [1.29, 1.82) is 0 Å². The lowest BCUT2D eigenvalue weighted by Crippen LogP contribution is -2.32. The van der Waals surface area contributed by atoms with E-state index < -0.39 is 0 Å². The third kappa shape index (κ3) is 6.18. The fourth-order valence-corrected chi connectivity index (χ4v) is 9.67. The second-order valence-electron chi connectivity index (χ2n) is 16.2. The number of aromatic nitrogens is 1. The number of benzene rings is 5. The lowest BCUT2D eigenvalue weighted by molar-refractivity contribution is 0.519. The summed E-state index contributed by atoms with van der Waals surface area (Å²) in [5.41, 5.74) is 19.8. The fourth-order valence-electron chi connectivity index (χ4n) is 9.67. The van der Waals surface area contributed by atoms with Gasteiger partial charge in [0.2, 0.25) is 0 Å². The molecule has 270 valence electrons. The van der Waals surface area contributed by atoms with Gasteiger partial charge in [0.15, 0.2) is 0 Å². The van der Waals surface area contributed by atoms with Gasteiger partial charge in [0.05, 0.1) is 0 Å². The highest BCUT2D eigenvalue weighted by atomic mass is 14.6. The summed E-state index contributed by atoms with van der Waals surface area (Å²) in [4.78, 5) is 4.45. The van der Waals surface area contributed by atoms with Crippen molar-refractivity contribution in [3.63, 3.8) is 0 Å². The first-order valence-corrected chi connectivity index (χ1v) is 20.1. The zero-order valence-corrected chi connectivity index (χ0v) is 32.1. The maximum Gasteiger partial charge on any atom is 0.0346 e. The summed E-state index contributed by atoms with van der Waals surface area (Å²) in [6, 6.07) is 47.7. The molecule has 0 radical (unpaired) electrons. The molecule has 0 N–H and O–H groups in total. The minimum absolute atomic E-state index is 0.0486. The van der Waals surface area contributed by atoms with Crippen LogP contribution in [0.3, 0.4) is 0 Å². The second-order valence-corrected chi connectivity index (χ2v) is 16.2. The Bertz CT molecular complexity index is 2680. The molecule has 56 heavy (non-hydrogen) atoms. The Labute approximate surface area is 331 Å². The number of allylic oxidation sites excluding steroid dienone is 12. The molecule has 10 rings (SSSR count). The van der Waals surface area contributed by atoms with E-state index in [1.54, 1.807) is 0 Å². The Morgan fingerprint density at radius 1 is 0.589 bits per heavy atom. The molecule has 0 bridgehead atoms. The molecule has 4 aliphatic rings. The van der Waals surface area contributed by atoms with E-state index in [0.717, 1.165) is 18.4 Å². The molecule has 0 saturated carbocycles. The van der Waals surface area contributed by atoms with Crippen molar-refractivity contribution >= 4 is 16.7 Å². The quantitative estimate of drug-likeness (QED) is 0.167. The van der Waals surface area contributed by atoms with Gasteiger partial charge < -0.3 is 0 Å². The van der Waals surface area contributed by atoms with Crippen molar-refractivity contribution in [3.8, 4) is 22.3 Å². The summed E-state index contributed by atoms with van der Waals surface area (Å²) in [6.45, 7) is 4.58. The second kappa shape index (κ2) is 14.1. The van der Waals surface area contributed by atoms with E-state index >= 15 is 0 Å². The van der Waals surface area contributed by atoms with Gasteiger partial charge in [-0.1, -0.05) is 188 Å². The highest BCUT2D eigenvalue weighted by Gasteiger charge is 2.41. The van der Waals surface area contributed by atoms with E-state index in [1.807, 2.05) is 18.5 Å². The fraction of sp³-hybridized carbons (Fsp3) is 0.145. The van der Waals surface area contributed by atoms with Crippen LogP contribution in [0, 0.1) is 6.92 Å². The van der Waals surface area contributed by atoms with E-state index in [-0.39, 0.29) is 11.3 Å². The molecule has 5 aromatic carbocycles. The Morgan fingerprint density at radius 2 is 1.34 bits per heavy atom. The average Bonchev–Trinajstić information content (AvgIpc) is 3.26. The van der Waals surface area contributed by atoms with Crippen LogP contribution in [0.2, 0.25) is 0 Å². The summed E-state index contributed by atoms with van der Waals surface area (Å²) < 4.78 is 0. The van der Waals surface area contributed by atoms with Crippen molar-refractivity contribution in [1.82, 2.24) is 4.98 Å². The standard InChI is InChI=1S/C55H45N/c1-37-12-7-13-38(28-37)47-32-48(34-49(33-47)46-20-11-27-56-36-46)44-19-10-17-42(31-44)40-15-8-14-39(29-40)41-16-9-18-43(30-41)45-24-25-50-51-21-3-4-22-53(51)55(2)26-6-5-23-54(55)52(50)35-45/h3-29,31,33-36,41,48,54H,30,32H2,1-2H3. The highest BCUT2D eigenvalue weighted by Crippen LogP contribution is 2.53. The summed E-state index contributed by atoms with van der Waals surface area (Å²) >= 11 is 0. The molecule has 0 aliphatic heterocycles. The zero-order chi connectivity index (χ0) is 37.6. The van der Waals surface area contributed by atoms with Gasteiger partial charge in [-0.3, -0.25) is 4.98 Å². The maximum atomic E-state index is 4.45. The van der Waals surface area contributed by atoms with Crippen molar-refractivity contribution < 1.29 is 0 Å². The molecular formula is C55H45N. The normalized spacial score (nSPS) is 22.0. The van der Waals surface area contributed by atoms with Crippen LogP contribution in [-0.4, -0.2) is 4.98 Å². The highest BCUT2D eigenvalue weighted by molar-refractivity contribution is 5.87. The van der Waals surface area contributed by atoms with Gasteiger partial charge in [-0.15, -0.1) is 0 Å². The first-order valence-electron chi connectivity index (χ1n) is 20.1. The minimum atomic E-state index is -0.0486. The molecule has 0 saturated heterocycles. The SMILES string of the molecule is Cc1cccc(C2=CC(c3cccnc3)=CC(c3cccc(-c4cccc(C5C=CC=C(c6ccc7c(c6)C6C=CC=CC6(C)c6ccccc6-7)C5)c4)c3)C2)c1. The number of pyridine rings is 1. The number of nitrogens with zero attached hydrogens (tertiary/aromatic N) is 1. The van der Waals surface area contributed by atoms with Crippen LogP contribution >= 0.6 is 0 Å². The van der Waals surface area contributed by atoms with Crippen LogP contribution in [-0.2, 0) is 5.41 Å². The lowest BCUT2D eigenvalue weighted by atomic mass is 9.60. The van der Waals surface area contributed by atoms with Gasteiger partial charge in [0.25, 0.3) is 0 Å². The molecule has 0 fully saturated rings. The molecule has 1 aromatic heterocycles. The van der Waals surface area contributed by atoms with Crippen LogP contribution in [0.5, 0.6) is 0 Å². The molecule has 4 unspecified atom stereocenters. The summed E-state index contributed by atoms with van der Waals surface area (Å²) in [6.07, 6.45) is 26.8. The number of hydrogen-bond acceptors (Lipinski definition) is 1. The molecule has 1 heterocycles. The van der Waals surface area contributed by atoms with Crippen LogP contribution in [0.4, 0.5) is 0 Å². The minimum Gasteiger partial charge on any atom is -0.264 e. The number of hydrogen-bond donors (Lipinski definition) is 0. The van der Waals surface area contributed by atoms with Crippen LogP contribution in [0.15, 0.2) is 194 Å². The summed E-state index contributed by atoms with van der Waals surface area (Å²) in [5, 5.41) is 0. The van der Waals surface area contributed by atoms with E-state index in [2.05, 4.69) is 195 Å². The molecule has 6 aromatic rings. The molecule has 0 amide bonds. The van der Waals surface area contributed by atoms with E-state index in [1.165, 1.54) is 77.9 Å². The monoisotopic (exact) mass is 719 g/mol. The Balaban J connectivity index is 0.932. The predicted molar refractivity (Wildman–Crippen MR) is 235 cm³/mol. The summed E-state index contributed by atoms with van der Waals surface area (Å²) in [7, 11) is 0. The molecule has 4 aliphatic carbocycles. The Morgan fingerprint density at radius 3 is 2.16 bits per heavy atom. The maximum absolute atomic E-state index is 4.45. The third-order valence-corrected chi connectivity index (χ3v) is 12.6. The Kier molecular flexibility index (Phi) is 8.60. The van der Waals surface area contributed by atoms with Gasteiger partial charge in [-0.25, -0.2) is 0 Å². The molecule has 1 heteroatoms. The average molecular weight is 720 g/mol. The predicted octanol–water partition coefficient (Wildman–Crippen LogP) is 14.0. The van der Waals surface area contributed by atoms with Gasteiger partial charge >= 0.3 is 0 Å². The van der Waals surface area contributed by atoms with E-state index in [0.29, 0.717) is 11.8 Å². The zero-order valence-electron chi connectivity index (χ0n) is 32.1. The molecule has 0 spiro atoms. The smallest absolute Gasteiger partial charge is 0.0346 e.